The molecule has 34 heavy (non-hydrogen) atoms. The van der Waals surface area contributed by atoms with Gasteiger partial charge in [-0.05, 0) is 43.2 Å². The Balaban J connectivity index is 1.44. The van der Waals surface area contributed by atoms with E-state index < -0.39 is 22.0 Å². The molecule has 0 spiro atoms. The molecule has 3 N–H and O–H groups in total. The van der Waals surface area contributed by atoms with Crippen LogP contribution < -0.4 is 11.1 Å². The van der Waals surface area contributed by atoms with Gasteiger partial charge in [-0.15, -0.1) is 22.7 Å². The number of primary amides is 1. The Morgan fingerprint density at radius 2 is 1.97 bits per heavy atom. The maximum absolute atomic E-state index is 13.0. The van der Waals surface area contributed by atoms with E-state index in [1.165, 1.54) is 27.0 Å². The number of nitrogens with one attached hydrogen (secondary N) is 1. The Morgan fingerprint density at radius 1 is 1.24 bits per heavy atom. The second kappa shape index (κ2) is 10.0. The van der Waals surface area contributed by atoms with Crippen molar-refractivity contribution >= 4 is 55.6 Å². The second-order valence-electron chi connectivity index (χ2n) is 8.04. The normalized spacial score (nSPS) is 17.3. The van der Waals surface area contributed by atoms with Gasteiger partial charge in [-0.25, -0.2) is 13.2 Å². The molecule has 0 saturated carbocycles. The van der Waals surface area contributed by atoms with Crippen molar-refractivity contribution in [2.24, 2.45) is 11.7 Å². The minimum absolute atomic E-state index is 0.246. The Hall–Kier alpha value is -2.48. The first-order chi connectivity index (χ1) is 16.2. The molecule has 13 heteroatoms. The standard InChI is InChI=1S/C21H26N4O6S3/c1-2-31-21(28)24-8-7-14-15(12-24)33-20(17(14)18(22)26)23-19(27)13-5-9-25(10-6-13)34(29,30)16-4-3-11-32-16/h3-4,11,13H,2,5-10,12H2,1H3,(H2,22,26)(H,23,27). The molecule has 0 radical (unpaired) electrons. The summed E-state index contributed by atoms with van der Waals surface area (Å²) in [5.74, 6) is -1.28. The number of nitrogens with two attached hydrogens (primary N) is 1. The minimum atomic E-state index is -3.54. The topological polar surface area (TPSA) is 139 Å². The molecule has 184 valence electrons. The fourth-order valence-corrected chi connectivity index (χ4v) is 8.12. The lowest BCUT2D eigenvalue weighted by Crippen LogP contribution is -2.41. The summed E-state index contributed by atoms with van der Waals surface area (Å²) in [6.45, 7) is 3.18. The van der Waals surface area contributed by atoms with Crippen molar-refractivity contribution in [1.29, 1.82) is 0 Å². The Morgan fingerprint density at radius 3 is 2.59 bits per heavy atom. The number of ether oxygens (including phenoxy) is 1. The highest BCUT2D eigenvalue weighted by Crippen LogP contribution is 2.38. The van der Waals surface area contributed by atoms with Gasteiger partial charge in [-0.1, -0.05) is 6.07 Å². The summed E-state index contributed by atoms with van der Waals surface area (Å²) >= 11 is 2.41. The number of carbonyl (C=O) groups is 3. The SMILES string of the molecule is CCOC(=O)N1CCc2c(sc(NC(=O)C3CCN(S(=O)(=O)c4cccs4)CC3)c2C(N)=O)C1. The van der Waals surface area contributed by atoms with Crippen molar-refractivity contribution in [2.75, 3.05) is 31.6 Å². The van der Waals surface area contributed by atoms with Crippen LogP contribution in [0.4, 0.5) is 9.80 Å². The molecule has 0 aromatic carbocycles. The lowest BCUT2D eigenvalue weighted by atomic mass is 9.97. The van der Waals surface area contributed by atoms with Crippen LogP contribution in [0.15, 0.2) is 21.7 Å². The maximum atomic E-state index is 13.0. The number of anilines is 1. The molecular weight excluding hydrogens is 500 g/mol. The van der Waals surface area contributed by atoms with Crippen LogP contribution in [-0.2, 0) is 32.5 Å². The van der Waals surface area contributed by atoms with Crippen LogP contribution in [0.2, 0.25) is 0 Å². The predicted molar refractivity (Wildman–Crippen MR) is 128 cm³/mol. The quantitative estimate of drug-likeness (QED) is 0.593. The lowest BCUT2D eigenvalue weighted by molar-refractivity contribution is -0.120. The molecule has 4 rings (SSSR count). The molecule has 0 atom stereocenters. The number of thiophene rings is 2. The third-order valence-corrected chi connectivity index (χ3v) is 10.4. The van der Waals surface area contributed by atoms with Crippen molar-refractivity contribution in [3.05, 3.63) is 33.5 Å². The fourth-order valence-electron chi connectivity index (χ4n) is 4.23. The summed E-state index contributed by atoms with van der Waals surface area (Å²) in [7, 11) is -3.54. The van der Waals surface area contributed by atoms with Crippen molar-refractivity contribution in [2.45, 2.75) is 36.9 Å². The number of fused-ring (bicyclic) bond motifs is 1. The summed E-state index contributed by atoms with van der Waals surface area (Å²) in [6, 6.07) is 3.27. The lowest BCUT2D eigenvalue weighted by Gasteiger charge is -2.30. The molecule has 4 heterocycles. The van der Waals surface area contributed by atoms with Crippen molar-refractivity contribution in [1.82, 2.24) is 9.21 Å². The molecule has 0 unspecified atom stereocenters. The number of amides is 3. The van der Waals surface area contributed by atoms with Crippen molar-refractivity contribution < 1.29 is 27.5 Å². The Labute approximate surface area is 205 Å². The summed E-state index contributed by atoms with van der Waals surface area (Å²) in [4.78, 5) is 39.6. The van der Waals surface area contributed by atoms with E-state index in [-0.39, 0.29) is 43.6 Å². The van der Waals surface area contributed by atoms with E-state index in [9.17, 15) is 22.8 Å². The number of sulfonamides is 1. The largest absolute Gasteiger partial charge is 0.450 e. The third-order valence-electron chi connectivity index (χ3n) is 5.98. The zero-order valence-electron chi connectivity index (χ0n) is 18.6. The maximum Gasteiger partial charge on any atom is 0.410 e. The van der Waals surface area contributed by atoms with Gasteiger partial charge in [0.15, 0.2) is 0 Å². The molecule has 0 bridgehead atoms. The summed E-state index contributed by atoms with van der Waals surface area (Å²) in [6.07, 6.45) is 0.781. The molecule has 2 aromatic heterocycles. The van der Waals surface area contributed by atoms with Gasteiger partial charge in [0.05, 0.1) is 18.7 Å². The molecule has 1 fully saturated rings. The minimum Gasteiger partial charge on any atom is -0.450 e. The molecule has 2 aliphatic rings. The zero-order chi connectivity index (χ0) is 24.5. The summed E-state index contributed by atoms with van der Waals surface area (Å²) in [5.41, 5.74) is 6.67. The van der Waals surface area contributed by atoms with Crippen molar-refractivity contribution in [3.63, 3.8) is 0 Å². The average molecular weight is 527 g/mol. The van der Waals surface area contributed by atoms with E-state index in [0.29, 0.717) is 35.0 Å². The molecule has 2 aromatic rings. The third kappa shape index (κ3) is 4.83. The zero-order valence-corrected chi connectivity index (χ0v) is 21.1. The van der Waals surface area contributed by atoms with Crippen LogP contribution in [0.25, 0.3) is 0 Å². The number of piperidine rings is 1. The smallest absolute Gasteiger partial charge is 0.410 e. The highest BCUT2D eigenvalue weighted by Gasteiger charge is 2.34. The molecule has 10 nitrogen and oxygen atoms in total. The van der Waals surface area contributed by atoms with E-state index in [1.54, 1.807) is 29.3 Å². The van der Waals surface area contributed by atoms with Crippen LogP contribution in [0, 0.1) is 5.92 Å². The molecular formula is C21H26N4O6S3. The highest BCUT2D eigenvalue weighted by atomic mass is 32.2. The molecule has 1 saturated heterocycles. The summed E-state index contributed by atoms with van der Waals surface area (Å²) in [5, 5.41) is 4.94. The van der Waals surface area contributed by atoms with E-state index in [0.717, 1.165) is 10.4 Å². The van der Waals surface area contributed by atoms with Crippen LogP contribution in [0.5, 0.6) is 0 Å². The van der Waals surface area contributed by atoms with Gasteiger partial charge in [0.25, 0.3) is 15.9 Å². The van der Waals surface area contributed by atoms with Crippen LogP contribution >= 0.6 is 22.7 Å². The van der Waals surface area contributed by atoms with E-state index in [4.69, 9.17) is 10.5 Å². The average Bonchev–Trinajstić information content (AvgIpc) is 3.47. The Bertz CT molecular complexity index is 1180. The van der Waals surface area contributed by atoms with Gasteiger partial charge in [-0.3, -0.25) is 9.59 Å². The number of rotatable bonds is 6. The number of hydrogen-bond acceptors (Lipinski definition) is 8. The van der Waals surface area contributed by atoms with Crippen molar-refractivity contribution in [3.8, 4) is 0 Å². The first-order valence-electron chi connectivity index (χ1n) is 10.9. The van der Waals surface area contributed by atoms with Crippen LogP contribution in [0.3, 0.4) is 0 Å². The molecule has 3 amide bonds. The Kier molecular flexibility index (Phi) is 7.26. The van der Waals surface area contributed by atoms with E-state index in [1.807, 2.05) is 0 Å². The first kappa shape index (κ1) is 24.6. The van der Waals surface area contributed by atoms with Gasteiger partial charge >= 0.3 is 6.09 Å². The number of nitrogens with zero attached hydrogens (tertiary/aromatic N) is 2. The van der Waals surface area contributed by atoms with Gasteiger partial charge in [0.2, 0.25) is 5.91 Å². The van der Waals surface area contributed by atoms with E-state index in [2.05, 4.69) is 5.32 Å². The van der Waals surface area contributed by atoms with Gasteiger partial charge < -0.3 is 20.7 Å². The van der Waals surface area contributed by atoms with Crippen LogP contribution in [0.1, 0.15) is 40.6 Å². The summed E-state index contributed by atoms with van der Waals surface area (Å²) < 4.78 is 32.2. The van der Waals surface area contributed by atoms with Gasteiger partial charge in [0.1, 0.15) is 9.21 Å². The molecule has 2 aliphatic heterocycles. The van der Waals surface area contributed by atoms with Gasteiger partial charge in [0, 0.05) is 30.4 Å². The van der Waals surface area contributed by atoms with E-state index >= 15 is 0 Å². The number of carbonyl (C=O) groups excluding carboxylic acids is 3. The van der Waals surface area contributed by atoms with Crippen LogP contribution in [-0.4, -0.2) is 61.8 Å². The predicted octanol–water partition coefficient (Wildman–Crippen LogP) is 2.46. The fraction of sp³-hybridized carbons (Fsp3) is 0.476. The molecule has 0 aliphatic carbocycles. The second-order valence-corrected chi connectivity index (χ2v) is 12.3. The monoisotopic (exact) mass is 526 g/mol. The van der Waals surface area contributed by atoms with Gasteiger partial charge in [-0.2, -0.15) is 4.31 Å². The number of hydrogen-bond donors (Lipinski definition) is 2. The highest BCUT2D eigenvalue weighted by molar-refractivity contribution is 7.91. The first-order valence-corrected chi connectivity index (χ1v) is 14.1.